The van der Waals surface area contributed by atoms with E-state index in [1.807, 2.05) is 0 Å². The third kappa shape index (κ3) is 8.47. The molecular weight excluding hydrogens is 388 g/mol. The zero-order chi connectivity index (χ0) is 22.0. The van der Waals surface area contributed by atoms with Gasteiger partial charge in [0.25, 0.3) is 0 Å². The van der Waals surface area contributed by atoms with E-state index in [9.17, 15) is 19.2 Å². The third-order valence-electron chi connectivity index (χ3n) is 3.64. The molecule has 0 aliphatic carbocycles. The van der Waals surface area contributed by atoms with E-state index in [-0.39, 0.29) is 13.2 Å². The summed E-state index contributed by atoms with van der Waals surface area (Å²) >= 11 is 0. The number of hydrogen-bond acceptors (Lipinski definition) is 10. The Labute approximate surface area is 168 Å². The van der Waals surface area contributed by atoms with Gasteiger partial charge in [-0.15, -0.1) is 5.73 Å². The highest BCUT2D eigenvalue weighted by Gasteiger charge is 2.52. The van der Waals surface area contributed by atoms with E-state index in [4.69, 9.17) is 28.4 Å². The Morgan fingerprint density at radius 1 is 0.897 bits per heavy atom. The zero-order valence-electron chi connectivity index (χ0n) is 16.9. The highest BCUT2D eigenvalue weighted by Crippen LogP contribution is 2.30. The van der Waals surface area contributed by atoms with E-state index in [1.165, 1.54) is 6.92 Å². The molecule has 0 bridgehead atoms. The third-order valence-corrected chi connectivity index (χ3v) is 3.64. The Hall–Kier alpha value is -2.68. The van der Waals surface area contributed by atoms with Crippen molar-refractivity contribution >= 4 is 23.9 Å². The molecule has 0 amide bonds. The molecule has 162 valence electrons. The minimum atomic E-state index is -1.24. The summed E-state index contributed by atoms with van der Waals surface area (Å²) in [7, 11) is 0. The number of hydrogen-bond donors (Lipinski definition) is 0. The highest BCUT2D eigenvalue weighted by molar-refractivity contribution is 5.68. The molecule has 0 aromatic heterocycles. The van der Waals surface area contributed by atoms with Crippen LogP contribution in [0.1, 0.15) is 34.1 Å². The first-order valence-corrected chi connectivity index (χ1v) is 8.92. The van der Waals surface area contributed by atoms with E-state index in [1.54, 1.807) is 6.08 Å². The number of carbonyl (C=O) groups excluding carboxylic acids is 4. The Morgan fingerprint density at radius 3 is 1.97 bits per heavy atom. The van der Waals surface area contributed by atoms with Gasteiger partial charge in [-0.2, -0.15) is 0 Å². The molecular formula is C19H26O10. The summed E-state index contributed by atoms with van der Waals surface area (Å²) in [6, 6.07) is 0. The molecule has 1 aliphatic heterocycles. The van der Waals surface area contributed by atoms with Crippen molar-refractivity contribution in [3.05, 3.63) is 18.4 Å². The Kier molecular flexibility index (Phi) is 10.1. The maximum Gasteiger partial charge on any atom is 0.303 e. The van der Waals surface area contributed by atoms with E-state index in [2.05, 4.69) is 12.3 Å². The topological polar surface area (TPSA) is 124 Å². The first kappa shape index (κ1) is 24.4. The maximum atomic E-state index is 11.7. The largest absolute Gasteiger partial charge is 0.463 e. The first-order valence-electron chi connectivity index (χ1n) is 8.92. The molecule has 1 heterocycles. The lowest BCUT2D eigenvalue weighted by Gasteiger charge is -2.44. The Balaban J connectivity index is 3.22. The fourth-order valence-electron chi connectivity index (χ4n) is 2.67. The van der Waals surface area contributed by atoms with Gasteiger partial charge in [0.2, 0.25) is 0 Å². The standard InChI is InChI=1S/C19H26O10/c1-6-7-8-9-24-19-18(28-14(5)23)17(27-13(4)22)16(26-12(3)21)15(29-19)10-25-11(2)20/h7,15-19H,1,8-10H2,2-5H3/t15-,16-,17+,18-,19-/m1/s1. The number of rotatable bonds is 9. The van der Waals surface area contributed by atoms with Gasteiger partial charge in [0.1, 0.15) is 12.7 Å². The van der Waals surface area contributed by atoms with Gasteiger partial charge in [0, 0.05) is 27.7 Å². The van der Waals surface area contributed by atoms with Gasteiger partial charge < -0.3 is 28.4 Å². The quantitative estimate of drug-likeness (QED) is 0.232. The number of carbonyl (C=O) groups is 4. The van der Waals surface area contributed by atoms with Gasteiger partial charge in [0.15, 0.2) is 24.6 Å². The van der Waals surface area contributed by atoms with Crippen molar-refractivity contribution in [1.82, 2.24) is 0 Å². The summed E-state index contributed by atoms with van der Waals surface area (Å²) in [5.74, 6) is -2.67. The van der Waals surface area contributed by atoms with Gasteiger partial charge in [0.05, 0.1) is 6.61 Å². The molecule has 0 unspecified atom stereocenters. The zero-order valence-corrected chi connectivity index (χ0v) is 16.9. The monoisotopic (exact) mass is 414 g/mol. The molecule has 0 aromatic rings. The molecule has 0 spiro atoms. The van der Waals surface area contributed by atoms with E-state index < -0.39 is 54.6 Å². The molecule has 5 atom stereocenters. The van der Waals surface area contributed by atoms with Crippen LogP contribution in [-0.4, -0.2) is 67.8 Å². The average molecular weight is 414 g/mol. The summed E-state index contributed by atoms with van der Waals surface area (Å²) in [4.78, 5) is 46.1. The van der Waals surface area contributed by atoms with Crippen LogP contribution in [0, 0.1) is 0 Å². The maximum absolute atomic E-state index is 11.7. The minimum Gasteiger partial charge on any atom is -0.463 e. The molecule has 1 saturated heterocycles. The predicted molar refractivity (Wildman–Crippen MR) is 96.2 cm³/mol. The normalized spacial score (nSPS) is 25.9. The summed E-state index contributed by atoms with van der Waals surface area (Å²) in [6.45, 7) is 7.95. The second-order valence-electron chi connectivity index (χ2n) is 6.14. The molecule has 1 fully saturated rings. The second-order valence-corrected chi connectivity index (χ2v) is 6.14. The van der Waals surface area contributed by atoms with Crippen LogP contribution in [0.5, 0.6) is 0 Å². The molecule has 1 rings (SSSR count). The summed E-state index contributed by atoms with van der Waals surface area (Å²) in [5.41, 5.74) is 2.59. The van der Waals surface area contributed by atoms with Gasteiger partial charge >= 0.3 is 23.9 Å². The lowest BCUT2D eigenvalue weighted by Crippen LogP contribution is -2.63. The summed E-state index contributed by atoms with van der Waals surface area (Å²) in [6.07, 6.45) is -3.79. The predicted octanol–water partition coefficient (Wildman–Crippen LogP) is 0.817. The summed E-state index contributed by atoms with van der Waals surface area (Å²) < 4.78 is 32.2. The van der Waals surface area contributed by atoms with Gasteiger partial charge in [-0.3, -0.25) is 19.2 Å². The van der Waals surface area contributed by atoms with Crippen LogP contribution in [0.25, 0.3) is 0 Å². The molecule has 1 aliphatic rings. The van der Waals surface area contributed by atoms with Crippen molar-refractivity contribution in [2.45, 2.75) is 64.8 Å². The van der Waals surface area contributed by atoms with Crippen LogP contribution in [-0.2, 0) is 47.6 Å². The van der Waals surface area contributed by atoms with Crippen LogP contribution in [0.2, 0.25) is 0 Å². The smallest absolute Gasteiger partial charge is 0.303 e. The molecule has 10 nitrogen and oxygen atoms in total. The van der Waals surface area contributed by atoms with Crippen LogP contribution in [0.3, 0.4) is 0 Å². The Morgan fingerprint density at radius 2 is 1.45 bits per heavy atom. The first-order chi connectivity index (χ1) is 13.6. The van der Waals surface area contributed by atoms with Crippen molar-refractivity contribution in [2.75, 3.05) is 13.2 Å². The van der Waals surface area contributed by atoms with Crippen LogP contribution < -0.4 is 0 Å². The molecule has 0 aromatic carbocycles. The van der Waals surface area contributed by atoms with Crippen molar-refractivity contribution in [3.63, 3.8) is 0 Å². The van der Waals surface area contributed by atoms with Crippen molar-refractivity contribution in [3.8, 4) is 0 Å². The van der Waals surface area contributed by atoms with Crippen LogP contribution >= 0.6 is 0 Å². The van der Waals surface area contributed by atoms with E-state index in [0.717, 1.165) is 20.8 Å². The SMILES string of the molecule is C=C=CCCO[C@@H]1O[C@H](COC(C)=O)[C@@H](OC(C)=O)[C@H](OC(C)=O)[C@H]1OC(C)=O. The lowest BCUT2D eigenvalue weighted by molar-refractivity contribution is -0.307. The Bertz CT molecular complexity index is 651. The van der Waals surface area contributed by atoms with E-state index >= 15 is 0 Å². The molecule has 0 N–H and O–H groups in total. The number of esters is 4. The average Bonchev–Trinajstić information content (AvgIpc) is 2.60. The van der Waals surface area contributed by atoms with Crippen molar-refractivity contribution < 1.29 is 47.6 Å². The molecule has 0 radical (unpaired) electrons. The molecule has 0 saturated carbocycles. The number of ether oxygens (including phenoxy) is 6. The molecule has 29 heavy (non-hydrogen) atoms. The van der Waals surface area contributed by atoms with Gasteiger partial charge in [-0.1, -0.05) is 6.58 Å². The van der Waals surface area contributed by atoms with E-state index in [0.29, 0.717) is 6.42 Å². The van der Waals surface area contributed by atoms with Crippen molar-refractivity contribution in [2.24, 2.45) is 0 Å². The van der Waals surface area contributed by atoms with Crippen molar-refractivity contribution in [1.29, 1.82) is 0 Å². The lowest BCUT2D eigenvalue weighted by atomic mass is 9.98. The second kappa shape index (κ2) is 12.0. The highest BCUT2D eigenvalue weighted by atomic mass is 16.7. The van der Waals surface area contributed by atoms with Crippen LogP contribution in [0.15, 0.2) is 18.4 Å². The fraction of sp³-hybridized carbons (Fsp3) is 0.632. The van der Waals surface area contributed by atoms with Gasteiger partial charge in [-0.25, -0.2) is 0 Å². The van der Waals surface area contributed by atoms with Crippen LogP contribution in [0.4, 0.5) is 0 Å². The molecule has 10 heteroatoms. The van der Waals surface area contributed by atoms with Gasteiger partial charge in [-0.05, 0) is 12.5 Å². The fourth-order valence-corrected chi connectivity index (χ4v) is 2.67. The summed E-state index contributed by atoms with van der Waals surface area (Å²) in [5, 5.41) is 0. The minimum absolute atomic E-state index is 0.149.